The van der Waals surface area contributed by atoms with Crippen LogP contribution in [0.15, 0.2) is 18.2 Å². The summed E-state index contributed by atoms with van der Waals surface area (Å²) in [5.41, 5.74) is 2.45. The summed E-state index contributed by atoms with van der Waals surface area (Å²) in [7, 11) is 0. The standard InChI is InChI=1S/C12H17O/c1-5-13-12-7-6-10(4)8-11(12)9(2)3/h6-9H,2,5H2,1,3-4H3. The fourth-order valence-corrected chi connectivity index (χ4v) is 1.34. The van der Waals surface area contributed by atoms with Crippen LogP contribution in [-0.2, 0) is 0 Å². The van der Waals surface area contributed by atoms with Crippen molar-refractivity contribution in [2.75, 3.05) is 6.61 Å². The van der Waals surface area contributed by atoms with Gasteiger partial charge < -0.3 is 4.74 Å². The van der Waals surface area contributed by atoms with Gasteiger partial charge in [0.2, 0.25) is 0 Å². The molecule has 0 aliphatic rings. The van der Waals surface area contributed by atoms with E-state index in [1.165, 1.54) is 11.1 Å². The minimum absolute atomic E-state index is 0.279. The summed E-state index contributed by atoms with van der Waals surface area (Å²) in [4.78, 5) is 0. The molecule has 0 heterocycles. The average molecular weight is 177 g/mol. The molecule has 0 aromatic heterocycles. The molecule has 1 aromatic rings. The Morgan fingerprint density at radius 1 is 1.46 bits per heavy atom. The van der Waals surface area contributed by atoms with E-state index in [0.29, 0.717) is 6.61 Å². The van der Waals surface area contributed by atoms with Crippen LogP contribution < -0.4 is 4.74 Å². The molecule has 0 N–H and O–H groups in total. The molecule has 0 amide bonds. The Morgan fingerprint density at radius 2 is 2.15 bits per heavy atom. The zero-order valence-corrected chi connectivity index (χ0v) is 8.63. The van der Waals surface area contributed by atoms with E-state index in [0.717, 1.165) is 5.75 Å². The van der Waals surface area contributed by atoms with Crippen LogP contribution in [0.2, 0.25) is 0 Å². The summed E-state index contributed by atoms with van der Waals surface area (Å²) >= 11 is 0. The monoisotopic (exact) mass is 177 g/mol. The molecule has 0 aliphatic heterocycles. The topological polar surface area (TPSA) is 9.23 Å². The summed E-state index contributed by atoms with van der Waals surface area (Å²) in [5.74, 6) is 1.25. The summed E-state index contributed by atoms with van der Waals surface area (Å²) in [6.07, 6.45) is 0. The highest BCUT2D eigenvalue weighted by molar-refractivity contribution is 5.39. The van der Waals surface area contributed by atoms with E-state index in [4.69, 9.17) is 4.74 Å². The summed E-state index contributed by atoms with van der Waals surface area (Å²) in [6.45, 7) is 10.9. The van der Waals surface area contributed by atoms with Gasteiger partial charge in [0, 0.05) is 0 Å². The van der Waals surface area contributed by atoms with Gasteiger partial charge in [-0.15, -0.1) is 0 Å². The molecule has 1 radical (unpaired) electrons. The lowest BCUT2D eigenvalue weighted by Crippen LogP contribution is -1.98. The van der Waals surface area contributed by atoms with E-state index in [2.05, 4.69) is 32.9 Å². The second-order valence-electron chi connectivity index (χ2n) is 3.38. The Kier molecular flexibility index (Phi) is 3.35. The molecule has 1 unspecified atom stereocenters. The van der Waals surface area contributed by atoms with Gasteiger partial charge in [-0.2, -0.15) is 0 Å². The molecular weight excluding hydrogens is 160 g/mol. The number of ether oxygens (including phenoxy) is 1. The number of aryl methyl sites for hydroxylation is 1. The van der Waals surface area contributed by atoms with Crippen LogP contribution >= 0.6 is 0 Å². The van der Waals surface area contributed by atoms with Gasteiger partial charge in [-0.05, 0) is 38.3 Å². The highest BCUT2D eigenvalue weighted by Crippen LogP contribution is 2.26. The Balaban J connectivity index is 3.03. The van der Waals surface area contributed by atoms with Gasteiger partial charge in [0.05, 0.1) is 6.61 Å². The van der Waals surface area contributed by atoms with Crippen LogP contribution in [-0.4, -0.2) is 6.61 Å². The second-order valence-corrected chi connectivity index (χ2v) is 3.38. The van der Waals surface area contributed by atoms with Crippen molar-refractivity contribution >= 4 is 0 Å². The third-order valence-corrected chi connectivity index (χ3v) is 2.00. The zero-order chi connectivity index (χ0) is 9.84. The molecule has 71 valence electrons. The highest BCUT2D eigenvalue weighted by atomic mass is 16.5. The molecule has 1 atom stereocenters. The van der Waals surface area contributed by atoms with Gasteiger partial charge in [0.25, 0.3) is 0 Å². The van der Waals surface area contributed by atoms with Crippen LogP contribution in [0.5, 0.6) is 5.75 Å². The number of hydrogen-bond acceptors (Lipinski definition) is 1. The molecule has 0 bridgehead atoms. The van der Waals surface area contributed by atoms with E-state index in [1.807, 2.05) is 13.0 Å². The third kappa shape index (κ3) is 2.48. The van der Waals surface area contributed by atoms with Gasteiger partial charge in [-0.3, -0.25) is 0 Å². The SMILES string of the molecule is [CH2]C(C)c1cc(C)ccc1OCC. The predicted octanol–water partition coefficient (Wildman–Crippen LogP) is 3.33. The molecule has 0 fully saturated rings. The van der Waals surface area contributed by atoms with Gasteiger partial charge >= 0.3 is 0 Å². The molecule has 13 heavy (non-hydrogen) atoms. The van der Waals surface area contributed by atoms with Crippen LogP contribution in [0.4, 0.5) is 0 Å². The third-order valence-electron chi connectivity index (χ3n) is 2.00. The van der Waals surface area contributed by atoms with Crippen molar-refractivity contribution < 1.29 is 4.74 Å². The Hall–Kier alpha value is -0.980. The fourth-order valence-electron chi connectivity index (χ4n) is 1.34. The molecule has 0 saturated heterocycles. The maximum atomic E-state index is 5.51. The molecule has 1 aromatic carbocycles. The first-order valence-electron chi connectivity index (χ1n) is 4.71. The van der Waals surface area contributed by atoms with Crippen LogP contribution in [0.25, 0.3) is 0 Å². The minimum Gasteiger partial charge on any atom is -0.494 e. The van der Waals surface area contributed by atoms with Gasteiger partial charge in [-0.1, -0.05) is 24.6 Å². The van der Waals surface area contributed by atoms with Crippen molar-refractivity contribution in [2.24, 2.45) is 0 Å². The van der Waals surface area contributed by atoms with Crippen molar-refractivity contribution in [1.82, 2.24) is 0 Å². The Labute approximate surface area is 80.7 Å². The summed E-state index contributed by atoms with van der Waals surface area (Å²) in [6, 6.07) is 6.23. The van der Waals surface area contributed by atoms with E-state index in [1.54, 1.807) is 0 Å². The minimum atomic E-state index is 0.279. The quantitative estimate of drug-likeness (QED) is 0.688. The lowest BCUT2D eigenvalue weighted by atomic mass is 10.00. The smallest absolute Gasteiger partial charge is 0.122 e. The van der Waals surface area contributed by atoms with Crippen molar-refractivity contribution in [2.45, 2.75) is 26.7 Å². The van der Waals surface area contributed by atoms with Crippen molar-refractivity contribution in [3.63, 3.8) is 0 Å². The lowest BCUT2D eigenvalue weighted by molar-refractivity contribution is 0.336. The van der Waals surface area contributed by atoms with E-state index >= 15 is 0 Å². The lowest BCUT2D eigenvalue weighted by Gasteiger charge is -2.13. The van der Waals surface area contributed by atoms with E-state index < -0.39 is 0 Å². The summed E-state index contributed by atoms with van der Waals surface area (Å²) in [5, 5.41) is 0. The number of hydrogen-bond donors (Lipinski definition) is 0. The first kappa shape index (κ1) is 10.1. The molecular formula is C12H17O. The average Bonchev–Trinajstić information content (AvgIpc) is 2.08. The Morgan fingerprint density at radius 3 is 2.69 bits per heavy atom. The molecule has 0 saturated carbocycles. The van der Waals surface area contributed by atoms with Gasteiger partial charge in [0.1, 0.15) is 5.75 Å². The van der Waals surface area contributed by atoms with Crippen LogP contribution in [0, 0.1) is 13.8 Å². The number of benzene rings is 1. The summed E-state index contributed by atoms with van der Waals surface area (Å²) < 4.78 is 5.51. The molecule has 0 spiro atoms. The Bertz CT molecular complexity index is 276. The van der Waals surface area contributed by atoms with Crippen molar-refractivity contribution in [1.29, 1.82) is 0 Å². The first-order valence-corrected chi connectivity index (χ1v) is 4.71. The molecule has 1 heteroatoms. The normalized spacial score (nSPS) is 10.5. The van der Waals surface area contributed by atoms with Crippen LogP contribution in [0.3, 0.4) is 0 Å². The largest absolute Gasteiger partial charge is 0.494 e. The second kappa shape index (κ2) is 4.31. The molecule has 1 rings (SSSR count). The van der Waals surface area contributed by atoms with Crippen molar-refractivity contribution in [3.8, 4) is 5.75 Å². The zero-order valence-electron chi connectivity index (χ0n) is 8.63. The van der Waals surface area contributed by atoms with E-state index in [-0.39, 0.29) is 5.92 Å². The first-order chi connectivity index (χ1) is 6.15. The predicted molar refractivity (Wildman–Crippen MR) is 56.1 cm³/mol. The van der Waals surface area contributed by atoms with Gasteiger partial charge in [0.15, 0.2) is 0 Å². The number of rotatable bonds is 3. The van der Waals surface area contributed by atoms with Gasteiger partial charge in [-0.25, -0.2) is 0 Å². The van der Waals surface area contributed by atoms with Crippen molar-refractivity contribution in [3.05, 3.63) is 36.2 Å². The fraction of sp³-hybridized carbons (Fsp3) is 0.417. The van der Waals surface area contributed by atoms with Crippen LogP contribution in [0.1, 0.15) is 30.9 Å². The van der Waals surface area contributed by atoms with E-state index in [9.17, 15) is 0 Å². The maximum absolute atomic E-state index is 5.51. The molecule has 0 aliphatic carbocycles. The molecule has 1 nitrogen and oxygen atoms in total. The maximum Gasteiger partial charge on any atom is 0.122 e. The highest BCUT2D eigenvalue weighted by Gasteiger charge is 2.06.